The largest absolute Gasteiger partial charge is 0.327 e. The van der Waals surface area contributed by atoms with Gasteiger partial charge >= 0.3 is 0 Å². The average Bonchev–Trinajstić information content (AvgIpc) is 2.34. The first-order valence-corrected chi connectivity index (χ1v) is 7.28. The van der Waals surface area contributed by atoms with Gasteiger partial charge in [-0.05, 0) is 50.2 Å². The molecule has 1 aromatic carbocycles. The SMILES string of the molecule is CCN(CC)CCC(N)Cc1ccc(Br)cc1F. The Hall–Kier alpha value is -0.450. The Kier molecular flexibility index (Phi) is 6.82. The summed E-state index contributed by atoms with van der Waals surface area (Å²) in [6.07, 6.45) is 1.50. The molecule has 2 N–H and O–H groups in total. The summed E-state index contributed by atoms with van der Waals surface area (Å²) in [6, 6.07) is 5.17. The molecule has 0 radical (unpaired) electrons. The van der Waals surface area contributed by atoms with Gasteiger partial charge in [-0.3, -0.25) is 0 Å². The first kappa shape index (κ1) is 15.6. The number of rotatable bonds is 7. The van der Waals surface area contributed by atoms with Gasteiger partial charge in [-0.15, -0.1) is 0 Å². The minimum atomic E-state index is -0.178. The van der Waals surface area contributed by atoms with Crippen molar-refractivity contribution in [1.82, 2.24) is 4.90 Å². The van der Waals surface area contributed by atoms with Crippen LogP contribution >= 0.6 is 15.9 Å². The van der Waals surface area contributed by atoms with Crippen LogP contribution in [0.15, 0.2) is 22.7 Å². The quantitative estimate of drug-likeness (QED) is 0.837. The van der Waals surface area contributed by atoms with Crippen LogP contribution in [0.5, 0.6) is 0 Å². The van der Waals surface area contributed by atoms with Crippen LogP contribution in [0, 0.1) is 5.82 Å². The normalized spacial score (nSPS) is 13.0. The third kappa shape index (κ3) is 5.04. The zero-order valence-electron chi connectivity index (χ0n) is 11.1. The molecule has 102 valence electrons. The van der Waals surface area contributed by atoms with E-state index in [1.165, 1.54) is 6.07 Å². The molecule has 0 saturated carbocycles. The average molecular weight is 317 g/mol. The van der Waals surface area contributed by atoms with E-state index in [4.69, 9.17) is 5.73 Å². The van der Waals surface area contributed by atoms with E-state index in [9.17, 15) is 4.39 Å². The van der Waals surface area contributed by atoms with Crippen LogP contribution in [-0.2, 0) is 6.42 Å². The van der Waals surface area contributed by atoms with Gasteiger partial charge in [-0.1, -0.05) is 35.8 Å². The maximum absolute atomic E-state index is 13.6. The highest BCUT2D eigenvalue weighted by molar-refractivity contribution is 9.10. The van der Waals surface area contributed by atoms with Crippen molar-refractivity contribution in [1.29, 1.82) is 0 Å². The summed E-state index contributed by atoms with van der Waals surface area (Å²) >= 11 is 3.25. The van der Waals surface area contributed by atoms with Crippen molar-refractivity contribution in [3.8, 4) is 0 Å². The molecular formula is C14H22BrFN2. The lowest BCUT2D eigenvalue weighted by Crippen LogP contribution is -2.31. The van der Waals surface area contributed by atoms with Crippen LogP contribution in [-0.4, -0.2) is 30.6 Å². The van der Waals surface area contributed by atoms with E-state index < -0.39 is 0 Å². The first-order valence-electron chi connectivity index (χ1n) is 6.48. The van der Waals surface area contributed by atoms with Crippen molar-refractivity contribution in [2.24, 2.45) is 5.73 Å². The molecule has 1 aromatic rings. The van der Waals surface area contributed by atoms with Crippen molar-refractivity contribution in [3.05, 3.63) is 34.1 Å². The number of hydrogen-bond donors (Lipinski definition) is 1. The third-order valence-electron chi connectivity index (χ3n) is 3.21. The summed E-state index contributed by atoms with van der Waals surface area (Å²) in [6.45, 7) is 7.34. The molecule has 18 heavy (non-hydrogen) atoms. The smallest absolute Gasteiger partial charge is 0.127 e. The molecule has 0 spiro atoms. The van der Waals surface area contributed by atoms with Gasteiger partial charge in [0.05, 0.1) is 0 Å². The molecule has 1 unspecified atom stereocenters. The summed E-state index contributed by atoms with van der Waals surface area (Å²) < 4.78 is 14.4. The minimum Gasteiger partial charge on any atom is -0.327 e. The van der Waals surface area contributed by atoms with Crippen LogP contribution in [0.4, 0.5) is 4.39 Å². The second kappa shape index (κ2) is 7.87. The second-order valence-corrected chi connectivity index (χ2v) is 5.43. The molecule has 0 aliphatic carbocycles. The zero-order chi connectivity index (χ0) is 13.5. The summed E-state index contributed by atoms with van der Waals surface area (Å²) in [4.78, 5) is 2.33. The lowest BCUT2D eigenvalue weighted by atomic mass is 10.0. The summed E-state index contributed by atoms with van der Waals surface area (Å²) in [5.41, 5.74) is 6.76. The zero-order valence-corrected chi connectivity index (χ0v) is 12.7. The van der Waals surface area contributed by atoms with Gasteiger partial charge in [-0.25, -0.2) is 4.39 Å². The predicted molar refractivity (Wildman–Crippen MR) is 78.2 cm³/mol. The Balaban J connectivity index is 2.46. The van der Waals surface area contributed by atoms with Gasteiger partial charge in [0, 0.05) is 10.5 Å². The van der Waals surface area contributed by atoms with Crippen molar-refractivity contribution in [2.45, 2.75) is 32.7 Å². The Bertz CT molecular complexity index is 367. The minimum absolute atomic E-state index is 0.0151. The highest BCUT2D eigenvalue weighted by Gasteiger charge is 2.10. The molecule has 1 rings (SSSR count). The fourth-order valence-electron chi connectivity index (χ4n) is 1.96. The van der Waals surface area contributed by atoms with Crippen molar-refractivity contribution in [2.75, 3.05) is 19.6 Å². The number of halogens is 2. The Morgan fingerprint density at radius 1 is 1.33 bits per heavy atom. The highest BCUT2D eigenvalue weighted by Crippen LogP contribution is 2.16. The molecule has 1 atom stereocenters. The highest BCUT2D eigenvalue weighted by atomic mass is 79.9. The fraction of sp³-hybridized carbons (Fsp3) is 0.571. The summed E-state index contributed by atoms with van der Waals surface area (Å²) in [5.74, 6) is -0.178. The van der Waals surface area contributed by atoms with Crippen molar-refractivity contribution in [3.63, 3.8) is 0 Å². The fourth-order valence-corrected chi connectivity index (χ4v) is 2.29. The van der Waals surface area contributed by atoms with Crippen molar-refractivity contribution < 1.29 is 4.39 Å². The molecular weight excluding hydrogens is 295 g/mol. The first-order chi connectivity index (χ1) is 8.56. The monoisotopic (exact) mass is 316 g/mol. The number of nitrogens with zero attached hydrogens (tertiary/aromatic N) is 1. The van der Waals surface area contributed by atoms with E-state index in [2.05, 4.69) is 34.7 Å². The number of benzene rings is 1. The topological polar surface area (TPSA) is 29.3 Å². The van der Waals surface area contributed by atoms with E-state index in [-0.39, 0.29) is 11.9 Å². The number of hydrogen-bond acceptors (Lipinski definition) is 2. The number of nitrogens with two attached hydrogens (primary N) is 1. The predicted octanol–water partition coefficient (Wildman–Crippen LogP) is 3.19. The Morgan fingerprint density at radius 2 is 2.00 bits per heavy atom. The Labute approximate surface area is 117 Å². The van der Waals surface area contributed by atoms with Crippen LogP contribution in [0.25, 0.3) is 0 Å². The molecule has 2 nitrogen and oxygen atoms in total. The molecule has 0 heterocycles. The van der Waals surface area contributed by atoms with Crippen LogP contribution in [0.3, 0.4) is 0 Å². The van der Waals surface area contributed by atoms with Gasteiger partial charge in [0.1, 0.15) is 5.82 Å². The third-order valence-corrected chi connectivity index (χ3v) is 3.70. The van der Waals surface area contributed by atoms with Crippen LogP contribution in [0.1, 0.15) is 25.8 Å². The lowest BCUT2D eigenvalue weighted by Gasteiger charge is -2.20. The van der Waals surface area contributed by atoms with Crippen LogP contribution in [0.2, 0.25) is 0 Å². The van der Waals surface area contributed by atoms with Gasteiger partial charge in [0.25, 0.3) is 0 Å². The van der Waals surface area contributed by atoms with Gasteiger partial charge in [0.2, 0.25) is 0 Å². The van der Waals surface area contributed by atoms with Gasteiger partial charge < -0.3 is 10.6 Å². The van der Waals surface area contributed by atoms with Gasteiger partial charge in [-0.2, -0.15) is 0 Å². The maximum atomic E-state index is 13.6. The molecule has 0 fully saturated rings. The Morgan fingerprint density at radius 3 is 2.56 bits per heavy atom. The molecule has 0 amide bonds. The van der Waals surface area contributed by atoms with E-state index >= 15 is 0 Å². The molecule has 0 aromatic heterocycles. The molecule has 4 heteroatoms. The second-order valence-electron chi connectivity index (χ2n) is 4.52. The van der Waals surface area contributed by atoms with E-state index in [0.717, 1.165) is 30.5 Å². The van der Waals surface area contributed by atoms with Gasteiger partial charge in [0.15, 0.2) is 0 Å². The molecule has 0 aliphatic heterocycles. The lowest BCUT2D eigenvalue weighted by molar-refractivity contribution is 0.289. The van der Waals surface area contributed by atoms with E-state index in [1.54, 1.807) is 6.07 Å². The van der Waals surface area contributed by atoms with Crippen molar-refractivity contribution >= 4 is 15.9 Å². The molecule has 0 bridgehead atoms. The molecule has 0 aliphatic rings. The summed E-state index contributed by atoms with van der Waals surface area (Å²) in [7, 11) is 0. The standard InChI is InChI=1S/C14H22BrFN2/c1-3-18(4-2)8-7-13(17)9-11-5-6-12(15)10-14(11)16/h5-6,10,13H,3-4,7-9,17H2,1-2H3. The van der Waals surface area contributed by atoms with Crippen LogP contribution < -0.4 is 5.73 Å². The molecule has 0 saturated heterocycles. The van der Waals surface area contributed by atoms with E-state index in [1.807, 2.05) is 6.07 Å². The summed E-state index contributed by atoms with van der Waals surface area (Å²) in [5, 5.41) is 0. The maximum Gasteiger partial charge on any atom is 0.127 e. The van der Waals surface area contributed by atoms with E-state index in [0.29, 0.717) is 12.0 Å².